The first-order valence-electron chi connectivity index (χ1n) is 4.86. The van der Waals surface area contributed by atoms with Crippen molar-refractivity contribution in [2.24, 2.45) is 7.05 Å². The Morgan fingerprint density at radius 3 is 2.82 bits per heavy atom. The number of hydrogen-bond donors (Lipinski definition) is 3. The van der Waals surface area contributed by atoms with Crippen LogP contribution in [0.4, 0.5) is 11.5 Å². The van der Waals surface area contributed by atoms with Gasteiger partial charge >= 0.3 is 0 Å². The maximum absolute atomic E-state index is 11.0. The van der Waals surface area contributed by atoms with Crippen LogP contribution >= 0.6 is 11.8 Å². The van der Waals surface area contributed by atoms with Gasteiger partial charge in [-0.2, -0.15) is 10.2 Å². The van der Waals surface area contributed by atoms with Gasteiger partial charge in [0.1, 0.15) is 6.33 Å². The van der Waals surface area contributed by atoms with E-state index in [1.165, 1.54) is 18.1 Å². The van der Waals surface area contributed by atoms with Crippen molar-refractivity contribution in [2.45, 2.75) is 9.92 Å². The summed E-state index contributed by atoms with van der Waals surface area (Å²) in [6, 6.07) is 7.31. The topological polar surface area (TPSA) is 91.6 Å². The summed E-state index contributed by atoms with van der Waals surface area (Å²) in [5.74, 6) is 0.0424. The monoisotopic (exact) mass is 252 g/mol. The van der Waals surface area contributed by atoms with Crippen LogP contribution in [0.15, 0.2) is 40.5 Å². The number of nitrogens with two attached hydrogens (primary N) is 1. The summed E-state index contributed by atoms with van der Waals surface area (Å²) in [5, 5.41) is 19.5. The van der Waals surface area contributed by atoms with Gasteiger partial charge in [-0.15, -0.1) is 0 Å². The van der Waals surface area contributed by atoms with Crippen molar-refractivity contribution in [1.82, 2.24) is 9.55 Å². The highest BCUT2D eigenvalue weighted by Crippen LogP contribution is 2.34. The van der Waals surface area contributed by atoms with Crippen molar-refractivity contribution in [3.63, 3.8) is 0 Å². The van der Waals surface area contributed by atoms with E-state index in [4.69, 9.17) is 10.9 Å². The lowest BCUT2D eigenvalue weighted by molar-refractivity contribution is -0.994. The molecule has 90 valence electrons. The Kier molecular flexibility index (Phi) is 3.34. The summed E-state index contributed by atoms with van der Waals surface area (Å²) >= 11 is 1.30. The minimum absolute atomic E-state index is 0.0424. The SMILES string of the molecule is Cn1cnc([NH+]([O-])O)c1Sc1ccccc1N. The lowest BCUT2D eigenvalue weighted by Gasteiger charge is -2.11. The lowest BCUT2D eigenvalue weighted by Crippen LogP contribution is -2.99. The number of benzene rings is 1. The molecule has 1 aromatic heterocycles. The molecule has 0 spiro atoms. The molecule has 0 saturated carbocycles. The minimum atomic E-state index is -1.04. The number of nitrogen functional groups attached to an aromatic ring is 1. The Labute approximate surface area is 102 Å². The molecule has 0 radical (unpaired) electrons. The molecule has 0 aliphatic heterocycles. The maximum Gasteiger partial charge on any atom is 0.291 e. The molecule has 0 aliphatic rings. The summed E-state index contributed by atoms with van der Waals surface area (Å²) < 4.78 is 1.67. The summed E-state index contributed by atoms with van der Waals surface area (Å²) in [4.78, 5) is 4.66. The molecule has 0 aliphatic carbocycles. The number of aryl methyl sites for hydroxylation is 1. The molecule has 17 heavy (non-hydrogen) atoms. The molecule has 2 rings (SSSR count). The van der Waals surface area contributed by atoms with Crippen molar-refractivity contribution in [2.75, 3.05) is 5.73 Å². The standard InChI is InChI=1S/C10H12N4O2S/c1-13-6-12-9(14(15)16)10(13)17-8-5-3-2-4-7(8)11/h2-6,14-15H,11H2,1H3. The van der Waals surface area contributed by atoms with E-state index >= 15 is 0 Å². The van der Waals surface area contributed by atoms with Crippen LogP contribution in [0.25, 0.3) is 0 Å². The summed E-state index contributed by atoms with van der Waals surface area (Å²) in [7, 11) is 1.75. The number of imidazole rings is 1. The Morgan fingerprint density at radius 1 is 1.47 bits per heavy atom. The Bertz CT molecular complexity index is 527. The van der Waals surface area contributed by atoms with Crippen LogP contribution in [0.1, 0.15) is 0 Å². The molecule has 1 unspecified atom stereocenters. The van der Waals surface area contributed by atoms with Gasteiger partial charge in [0.05, 0.1) is 0 Å². The largest absolute Gasteiger partial charge is 0.594 e. The second-order valence-electron chi connectivity index (χ2n) is 3.45. The predicted octanol–water partition coefficient (Wildman–Crippen LogP) is 0.557. The van der Waals surface area contributed by atoms with E-state index < -0.39 is 5.23 Å². The fraction of sp³-hybridized carbons (Fsp3) is 0.100. The van der Waals surface area contributed by atoms with Crippen LogP contribution in [0.5, 0.6) is 0 Å². The molecule has 1 aromatic carbocycles. The normalized spacial score (nSPS) is 12.6. The first kappa shape index (κ1) is 11.9. The van der Waals surface area contributed by atoms with Gasteiger partial charge in [0.15, 0.2) is 5.03 Å². The van der Waals surface area contributed by atoms with Gasteiger partial charge in [0, 0.05) is 17.6 Å². The zero-order valence-corrected chi connectivity index (χ0v) is 9.94. The summed E-state index contributed by atoms with van der Waals surface area (Å²) in [5.41, 5.74) is 6.44. The molecule has 0 bridgehead atoms. The summed E-state index contributed by atoms with van der Waals surface area (Å²) in [6.07, 6.45) is 1.48. The van der Waals surface area contributed by atoms with Crippen LogP contribution in [0.3, 0.4) is 0 Å². The third-order valence-corrected chi connectivity index (χ3v) is 3.48. The van der Waals surface area contributed by atoms with E-state index in [2.05, 4.69) is 4.98 Å². The third kappa shape index (κ3) is 2.42. The van der Waals surface area contributed by atoms with E-state index in [0.29, 0.717) is 10.7 Å². The zero-order chi connectivity index (χ0) is 12.4. The van der Waals surface area contributed by atoms with Crippen LogP contribution in [-0.2, 0) is 7.05 Å². The number of hydrogen-bond acceptors (Lipinski definition) is 5. The van der Waals surface area contributed by atoms with Gasteiger partial charge in [0.2, 0.25) is 0 Å². The molecule has 1 heterocycles. The second kappa shape index (κ2) is 4.76. The van der Waals surface area contributed by atoms with Crippen molar-refractivity contribution in [3.05, 3.63) is 35.8 Å². The van der Waals surface area contributed by atoms with Gasteiger partial charge in [-0.3, -0.25) is 0 Å². The second-order valence-corrected chi connectivity index (χ2v) is 4.48. The fourth-order valence-electron chi connectivity index (χ4n) is 1.36. The third-order valence-electron chi connectivity index (χ3n) is 2.21. The number of anilines is 1. The number of rotatable bonds is 3. The van der Waals surface area contributed by atoms with Crippen molar-refractivity contribution >= 4 is 23.3 Å². The van der Waals surface area contributed by atoms with Crippen LogP contribution in [-0.4, -0.2) is 14.8 Å². The van der Waals surface area contributed by atoms with E-state index in [9.17, 15) is 5.21 Å². The van der Waals surface area contributed by atoms with Gasteiger partial charge in [-0.05, 0) is 12.1 Å². The summed E-state index contributed by atoms with van der Waals surface area (Å²) in [6.45, 7) is 0. The first-order valence-corrected chi connectivity index (χ1v) is 5.68. The number of para-hydroxylation sites is 1. The van der Waals surface area contributed by atoms with Gasteiger partial charge in [0.25, 0.3) is 5.82 Å². The van der Waals surface area contributed by atoms with Crippen LogP contribution in [0, 0.1) is 5.21 Å². The molecular formula is C10H12N4O2S. The Balaban J connectivity index is 2.36. The highest BCUT2D eigenvalue weighted by Gasteiger charge is 2.17. The van der Waals surface area contributed by atoms with Crippen molar-refractivity contribution < 1.29 is 10.4 Å². The Hall–Kier alpha value is -1.54. The van der Waals surface area contributed by atoms with E-state index in [1.807, 2.05) is 18.2 Å². The van der Waals surface area contributed by atoms with E-state index in [-0.39, 0.29) is 5.82 Å². The average molecular weight is 252 g/mol. The highest BCUT2D eigenvalue weighted by atomic mass is 32.2. The Morgan fingerprint density at radius 2 is 2.18 bits per heavy atom. The van der Waals surface area contributed by atoms with Crippen molar-refractivity contribution in [3.8, 4) is 0 Å². The number of aromatic nitrogens is 2. The fourth-order valence-corrected chi connectivity index (χ4v) is 2.33. The van der Waals surface area contributed by atoms with E-state index in [1.54, 1.807) is 17.7 Å². The van der Waals surface area contributed by atoms with Crippen LogP contribution < -0.4 is 11.0 Å². The molecule has 0 saturated heterocycles. The quantitative estimate of drug-likeness (QED) is 0.548. The van der Waals surface area contributed by atoms with Gasteiger partial charge < -0.3 is 15.5 Å². The average Bonchev–Trinajstić information content (AvgIpc) is 2.64. The molecule has 7 heteroatoms. The number of quaternary nitrogens is 1. The van der Waals surface area contributed by atoms with Gasteiger partial charge in [-0.25, -0.2) is 5.21 Å². The first-order chi connectivity index (χ1) is 8.09. The lowest BCUT2D eigenvalue weighted by atomic mass is 10.3. The minimum Gasteiger partial charge on any atom is -0.594 e. The molecule has 2 aromatic rings. The smallest absolute Gasteiger partial charge is 0.291 e. The number of nitrogens with zero attached hydrogens (tertiary/aromatic N) is 2. The molecule has 0 fully saturated rings. The maximum atomic E-state index is 11.0. The molecule has 0 amide bonds. The number of nitrogens with one attached hydrogen (secondary N) is 1. The molecule has 6 nitrogen and oxygen atoms in total. The predicted molar refractivity (Wildman–Crippen MR) is 64.0 cm³/mol. The zero-order valence-electron chi connectivity index (χ0n) is 9.12. The highest BCUT2D eigenvalue weighted by molar-refractivity contribution is 7.99. The van der Waals surface area contributed by atoms with Crippen LogP contribution in [0.2, 0.25) is 0 Å². The molecular weight excluding hydrogens is 240 g/mol. The van der Waals surface area contributed by atoms with E-state index in [0.717, 1.165) is 4.90 Å². The molecule has 1 atom stereocenters. The van der Waals surface area contributed by atoms with Crippen molar-refractivity contribution in [1.29, 1.82) is 0 Å². The molecule has 4 N–H and O–H groups in total. The van der Waals surface area contributed by atoms with Gasteiger partial charge in [-0.1, -0.05) is 23.9 Å².